The highest BCUT2D eigenvalue weighted by Crippen LogP contribution is 2.23. The molecule has 0 unspecified atom stereocenters. The van der Waals surface area contributed by atoms with Crippen LogP contribution in [-0.2, 0) is 0 Å². The molecule has 7 nitrogen and oxygen atoms in total. The summed E-state index contributed by atoms with van der Waals surface area (Å²) in [6, 6.07) is 9.15. The van der Waals surface area contributed by atoms with Crippen LogP contribution in [-0.4, -0.2) is 66.5 Å². The normalized spacial score (nSPS) is 14.1. The SMILES string of the molecule is COc1ncccc1C(=O)N1CCN(C(=O)c2ccccc2OC(F)F)CC1. The summed E-state index contributed by atoms with van der Waals surface area (Å²) in [7, 11) is 1.44. The molecule has 3 rings (SSSR count). The number of alkyl halides is 2. The largest absolute Gasteiger partial charge is 0.480 e. The highest BCUT2D eigenvalue weighted by molar-refractivity contribution is 5.98. The zero-order chi connectivity index (χ0) is 20.1. The first-order valence-electron chi connectivity index (χ1n) is 8.62. The van der Waals surface area contributed by atoms with Crippen molar-refractivity contribution in [2.24, 2.45) is 0 Å². The van der Waals surface area contributed by atoms with Crippen molar-refractivity contribution in [1.82, 2.24) is 14.8 Å². The molecule has 0 saturated carbocycles. The molecular weight excluding hydrogens is 372 g/mol. The van der Waals surface area contributed by atoms with E-state index in [-0.39, 0.29) is 36.2 Å². The number of amides is 2. The van der Waals surface area contributed by atoms with E-state index in [1.165, 1.54) is 36.4 Å². The Balaban J connectivity index is 1.67. The van der Waals surface area contributed by atoms with E-state index in [1.807, 2.05) is 0 Å². The molecule has 148 valence electrons. The number of rotatable bonds is 5. The van der Waals surface area contributed by atoms with Crippen LogP contribution in [0, 0.1) is 0 Å². The summed E-state index contributed by atoms with van der Waals surface area (Å²) in [4.78, 5) is 32.6. The minimum Gasteiger partial charge on any atom is -0.480 e. The summed E-state index contributed by atoms with van der Waals surface area (Å²) in [6.45, 7) is -1.86. The molecule has 1 aliphatic heterocycles. The summed E-state index contributed by atoms with van der Waals surface area (Å²) in [5, 5.41) is 0. The molecule has 9 heteroatoms. The topological polar surface area (TPSA) is 72.0 Å². The van der Waals surface area contributed by atoms with E-state index in [0.29, 0.717) is 18.7 Å². The second-order valence-corrected chi connectivity index (χ2v) is 6.02. The number of hydrogen-bond acceptors (Lipinski definition) is 5. The minimum atomic E-state index is -3.02. The Kier molecular flexibility index (Phi) is 6.03. The molecule has 0 radical (unpaired) electrons. The molecule has 2 amide bonds. The predicted molar refractivity (Wildman–Crippen MR) is 95.7 cm³/mol. The molecule has 0 bridgehead atoms. The Morgan fingerprint density at radius 2 is 1.54 bits per heavy atom. The number of ether oxygens (including phenoxy) is 2. The fourth-order valence-electron chi connectivity index (χ4n) is 3.01. The van der Waals surface area contributed by atoms with Crippen LogP contribution < -0.4 is 9.47 Å². The van der Waals surface area contributed by atoms with Crippen LogP contribution in [0.5, 0.6) is 11.6 Å². The standard InChI is InChI=1S/C19H19F2N3O4/c1-27-16-14(6-4-8-22-16)18(26)24-11-9-23(10-12-24)17(25)13-5-2-3-7-15(13)28-19(20)21/h2-8,19H,9-12H2,1H3. The molecular formula is C19H19F2N3O4. The fraction of sp³-hybridized carbons (Fsp3) is 0.316. The first kappa shape index (κ1) is 19.5. The summed E-state index contributed by atoms with van der Waals surface area (Å²) < 4.78 is 34.7. The van der Waals surface area contributed by atoms with Gasteiger partial charge in [0.05, 0.1) is 12.7 Å². The molecule has 1 aliphatic rings. The lowest BCUT2D eigenvalue weighted by molar-refractivity contribution is -0.0503. The third kappa shape index (κ3) is 4.19. The quantitative estimate of drug-likeness (QED) is 0.782. The smallest absolute Gasteiger partial charge is 0.387 e. The van der Waals surface area contributed by atoms with Gasteiger partial charge in [-0.25, -0.2) is 4.98 Å². The van der Waals surface area contributed by atoms with E-state index < -0.39 is 12.5 Å². The molecule has 0 aliphatic carbocycles. The Morgan fingerprint density at radius 3 is 2.14 bits per heavy atom. The predicted octanol–water partition coefficient (Wildman–Crippen LogP) is 2.29. The molecule has 2 heterocycles. The maximum Gasteiger partial charge on any atom is 0.387 e. The van der Waals surface area contributed by atoms with Gasteiger partial charge >= 0.3 is 6.61 Å². The number of benzene rings is 1. The van der Waals surface area contributed by atoms with E-state index in [0.717, 1.165) is 0 Å². The van der Waals surface area contributed by atoms with Crippen LogP contribution in [0.4, 0.5) is 8.78 Å². The van der Waals surface area contributed by atoms with Crippen molar-refractivity contribution in [3.05, 3.63) is 53.7 Å². The Labute approximate surface area is 160 Å². The number of halogens is 2. The number of hydrogen-bond donors (Lipinski definition) is 0. The van der Waals surface area contributed by atoms with Gasteiger partial charge in [0.2, 0.25) is 5.88 Å². The fourth-order valence-corrected chi connectivity index (χ4v) is 3.01. The van der Waals surface area contributed by atoms with Crippen molar-refractivity contribution in [3.8, 4) is 11.6 Å². The van der Waals surface area contributed by atoms with Gasteiger partial charge in [-0.3, -0.25) is 9.59 Å². The van der Waals surface area contributed by atoms with Gasteiger partial charge in [-0.1, -0.05) is 12.1 Å². The molecule has 1 fully saturated rings. The third-order valence-electron chi connectivity index (χ3n) is 4.38. The second kappa shape index (κ2) is 8.64. The maximum absolute atomic E-state index is 12.7. The van der Waals surface area contributed by atoms with Crippen LogP contribution in [0.1, 0.15) is 20.7 Å². The van der Waals surface area contributed by atoms with Crippen molar-refractivity contribution >= 4 is 11.8 Å². The van der Waals surface area contributed by atoms with E-state index in [9.17, 15) is 18.4 Å². The molecule has 0 spiro atoms. The van der Waals surface area contributed by atoms with E-state index in [1.54, 1.807) is 23.1 Å². The Hall–Kier alpha value is -3.23. The van der Waals surface area contributed by atoms with Gasteiger partial charge in [-0.2, -0.15) is 8.78 Å². The van der Waals surface area contributed by atoms with Gasteiger partial charge < -0.3 is 19.3 Å². The van der Waals surface area contributed by atoms with Gasteiger partial charge in [0.1, 0.15) is 11.3 Å². The zero-order valence-electron chi connectivity index (χ0n) is 15.2. The van der Waals surface area contributed by atoms with Crippen LogP contribution >= 0.6 is 0 Å². The number of pyridine rings is 1. The summed E-state index contributed by atoms with van der Waals surface area (Å²) in [5.41, 5.74) is 0.414. The number of para-hydroxylation sites is 1. The van der Waals surface area contributed by atoms with Gasteiger partial charge in [0.25, 0.3) is 11.8 Å². The first-order chi connectivity index (χ1) is 13.5. The van der Waals surface area contributed by atoms with Gasteiger partial charge in [0, 0.05) is 32.4 Å². The average molecular weight is 391 g/mol. The van der Waals surface area contributed by atoms with Crippen LogP contribution in [0.3, 0.4) is 0 Å². The number of methoxy groups -OCH3 is 1. The highest BCUT2D eigenvalue weighted by atomic mass is 19.3. The van der Waals surface area contributed by atoms with E-state index in [2.05, 4.69) is 9.72 Å². The lowest BCUT2D eigenvalue weighted by atomic mass is 10.1. The van der Waals surface area contributed by atoms with E-state index >= 15 is 0 Å². The maximum atomic E-state index is 12.7. The molecule has 2 aromatic rings. The molecule has 1 aromatic carbocycles. The number of carbonyl (C=O) groups excluding carboxylic acids is 2. The Bertz CT molecular complexity index is 855. The number of aromatic nitrogens is 1. The summed E-state index contributed by atoms with van der Waals surface area (Å²) in [5.74, 6) is -0.578. The average Bonchev–Trinajstić information content (AvgIpc) is 2.73. The van der Waals surface area contributed by atoms with E-state index in [4.69, 9.17) is 4.74 Å². The lowest BCUT2D eigenvalue weighted by Crippen LogP contribution is -2.50. The third-order valence-corrected chi connectivity index (χ3v) is 4.38. The molecule has 1 aromatic heterocycles. The van der Waals surface area contributed by atoms with Crippen LogP contribution in [0.15, 0.2) is 42.6 Å². The van der Waals surface area contributed by atoms with Gasteiger partial charge in [-0.05, 0) is 24.3 Å². The van der Waals surface area contributed by atoms with Gasteiger partial charge in [0.15, 0.2) is 0 Å². The number of nitrogens with zero attached hydrogens (tertiary/aromatic N) is 3. The van der Waals surface area contributed by atoms with Crippen molar-refractivity contribution in [1.29, 1.82) is 0 Å². The van der Waals surface area contributed by atoms with Crippen molar-refractivity contribution in [2.45, 2.75) is 6.61 Å². The Morgan fingerprint density at radius 1 is 0.964 bits per heavy atom. The molecule has 0 atom stereocenters. The summed E-state index contributed by atoms with van der Waals surface area (Å²) in [6.07, 6.45) is 1.53. The number of piperazine rings is 1. The second-order valence-electron chi connectivity index (χ2n) is 6.02. The minimum absolute atomic E-state index is 0.0662. The molecule has 0 N–H and O–H groups in total. The zero-order valence-corrected chi connectivity index (χ0v) is 15.2. The first-order valence-corrected chi connectivity index (χ1v) is 8.62. The van der Waals surface area contributed by atoms with Crippen molar-refractivity contribution in [2.75, 3.05) is 33.3 Å². The lowest BCUT2D eigenvalue weighted by Gasteiger charge is -2.35. The molecule has 1 saturated heterocycles. The molecule has 28 heavy (non-hydrogen) atoms. The number of carbonyl (C=O) groups is 2. The van der Waals surface area contributed by atoms with Crippen LogP contribution in [0.25, 0.3) is 0 Å². The van der Waals surface area contributed by atoms with Crippen LogP contribution in [0.2, 0.25) is 0 Å². The highest BCUT2D eigenvalue weighted by Gasteiger charge is 2.28. The van der Waals surface area contributed by atoms with Crippen molar-refractivity contribution < 1.29 is 27.8 Å². The van der Waals surface area contributed by atoms with Crippen molar-refractivity contribution in [3.63, 3.8) is 0 Å². The van der Waals surface area contributed by atoms with Gasteiger partial charge in [-0.15, -0.1) is 0 Å². The summed E-state index contributed by atoms with van der Waals surface area (Å²) >= 11 is 0. The monoisotopic (exact) mass is 391 g/mol.